The van der Waals surface area contributed by atoms with Gasteiger partial charge in [0.05, 0.1) is 18.3 Å². The van der Waals surface area contributed by atoms with Crippen molar-refractivity contribution < 1.29 is 14.3 Å². The fourth-order valence-corrected chi connectivity index (χ4v) is 5.08. The third kappa shape index (κ3) is 6.15. The van der Waals surface area contributed by atoms with Crippen LogP contribution in [-0.2, 0) is 22.6 Å². The Hall–Kier alpha value is -2.83. The van der Waals surface area contributed by atoms with E-state index in [4.69, 9.17) is 4.74 Å². The highest BCUT2D eigenvalue weighted by molar-refractivity contribution is 5.83. The molecule has 4 rings (SSSR count). The summed E-state index contributed by atoms with van der Waals surface area (Å²) in [5.41, 5.74) is 0.881. The minimum Gasteiger partial charge on any atom is -0.491 e. The second kappa shape index (κ2) is 11.3. The molecular weight excluding hydrogens is 416 g/mol. The molecule has 2 aromatic rings. The molecule has 1 N–H and O–H groups in total. The number of rotatable bonds is 4. The van der Waals surface area contributed by atoms with Crippen LogP contribution in [0.2, 0.25) is 0 Å². The Morgan fingerprint density at radius 1 is 1.12 bits per heavy atom. The molecule has 0 saturated carbocycles. The van der Waals surface area contributed by atoms with Crippen molar-refractivity contribution in [2.24, 2.45) is 5.41 Å². The summed E-state index contributed by atoms with van der Waals surface area (Å²) in [7, 11) is 0. The molecule has 0 unspecified atom stereocenters. The van der Waals surface area contributed by atoms with E-state index >= 15 is 0 Å². The molecule has 0 radical (unpaired) electrons. The maximum absolute atomic E-state index is 13.2. The van der Waals surface area contributed by atoms with E-state index in [1.54, 1.807) is 12.5 Å². The smallest absolute Gasteiger partial charge is 0.226 e. The number of likely N-dealkylation sites (tertiary alicyclic amines) is 1. The van der Waals surface area contributed by atoms with Gasteiger partial charge in [-0.25, -0.2) is 4.98 Å². The first kappa shape index (κ1) is 23.3. The van der Waals surface area contributed by atoms with Crippen molar-refractivity contribution in [3.05, 3.63) is 48.5 Å². The molecule has 0 atom stereocenters. The molecule has 7 heteroatoms. The zero-order valence-electron chi connectivity index (χ0n) is 19.5. The second-order valence-electron chi connectivity index (χ2n) is 9.34. The summed E-state index contributed by atoms with van der Waals surface area (Å²) in [6.07, 6.45) is 13.4. The van der Waals surface area contributed by atoms with E-state index in [0.29, 0.717) is 32.7 Å². The van der Waals surface area contributed by atoms with Crippen LogP contribution < -0.4 is 10.1 Å². The molecular formula is C26H36N4O3. The zero-order chi connectivity index (χ0) is 22.9. The van der Waals surface area contributed by atoms with Crippen molar-refractivity contribution in [2.75, 3.05) is 26.2 Å². The monoisotopic (exact) mass is 452 g/mol. The SMILES string of the molecule is O=C(CCCn1ccnc1)N1CCC2(CCCCCc3ccccc3OCCNC2=O)CC1. The summed E-state index contributed by atoms with van der Waals surface area (Å²) >= 11 is 0. The van der Waals surface area contributed by atoms with Crippen LogP contribution >= 0.6 is 0 Å². The lowest BCUT2D eigenvalue weighted by molar-refractivity contribution is -0.141. The molecule has 1 aromatic carbocycles. The maximum Gasteiger partial charge on any atom is 0.226 e. The number of fused-ring (bicyclic) bond motifs is 1. The minimum atomic E-state index is -0.367. The molecule has 1 saturated heterocycles. The first-order valence-electron chi connectivity index (χ1n) is 12.4. The van der Waals surface area contributed by atoms with Gasteiger partial charge in [-0.05, 0) is 50.2 Å². The first-order chi connectivity index (χ1) is 16.2. The van der Waals surface area contributed by atoms with Crippen molar-refractivity contribution >= 4 is 11.8 Å². The molecule has 1 fully saturated rings. The standard InChI is InChI=1S/C26H36N4O3/c31-24(10-6-16-29-19-14-27-21-29)30-17-12-26(13-18-30)11-5-1-2-7-22-8-3-4-9-23(22)33-20-15-28-25(26)32/h3-4,8-9,14,19,21H,1-2,5-7,10-13,15-18,20H2,(H,28,32). The topological polar surface area (TPSA) is 76.5 Å². The fraction of sp³-hybridized carbons (Fsp3) is 0.577. The average Bonchev–Trinajstić information content (AvgIpc) is 3.36. The molecule has 178 valence electrons. The van der Waals surface area contributed by atoms with Crippen molar-refractivity contribution in [2.45, 2.75) is 64.3 Å². The largest absolute Gasteiger partial charge is 0.491 e. The minimum absolute atomic E-state index is 0.130. The number of para-hydroxylation sites is 1. The van der Waals surface area contributed by atoms with Gasteiger partial charge in [0.2, 0.25) is 11.8 Å². The van der Waals surface area contributed by atoms with Crippen LogP contribution in [0.5, 0.6) is 5.75 Å². The van der Waals surface area contributed by atoms with Gasteiger partial charge < -0.3 is 19.5 Å². The Morgan fingerprint density at radius 3 is 2.79 bits per heavy atom. The lowest BCUT2D eigenvalue weighted by Crippen LogP contribution is -2.50. The first-order valence-corrected chi connectivity index (χ1v) is 12.4. The fourth-order valence-electron chi connectivity index (χ4n) is 5.08. The lowest BCUT2D eigenvalue weighted by atomic mass is 9.73. The Morgan fingerprint density at radius 2 is 1.97 bits per heavy atom. The van der Waals surface area contributed by atoms with E-state index < -0.39 is 0 Å². The summed E-state index contributed by atoms with van der Waals surface area (Å²) in [6.45, 7) is 3.11. The van der Waals surface area contributed by atoms with Gasteiger partial charge >= 0.3 is 0 Å². The van der Waals surface area contributed by atoms with Gasteiger partial charge in [-0.2, -0.15) is 0 Å². The van der Waals surface area contributed by atoms with Crippen molar-refractivity contribution in [1.82, 2.24) is 19.8 Å². The molecule has 0 bridgehead atoms. The number of ether oxygens (including phenoxy) is 1. The van der Waals surface area contributed by atoms with Crippen LogP contribution in [0.25, 0.3) is 0 Å². The molecule has 2 aliphatic rings. The van der Waals surface area contributed by atoms with Crippen molar-refractivity contribution in [1.29, 1.82) is 0 Å². The third-order valence-electron chi connectivity index (χ3n) is 7.14. The third-order valence-corrected chi connectivity index (χ3v) is 7.14. The summed E-state index contributed by atoms with van der Waals surface area (Å²) in [5.74, 6) is 1.26. The summed E-state index contributed by atoms with van der Waals surface area (Å²) in [6, 6.07) is 8.21. The summed E-state index contributed by atoms with van der Waals surface area (Å²) in [5, 5.41) is 3.13. The van der Waals surface area contributed by atoms with E-state index in [-0.39, 0.29) is 17.2 Å². The predicted molar refractivity (Wildman–Crippen MR) is 127 cm³/mol. The summed E-state index contributed by atoms with van der Waals surface area (Å²) in [4.78, 5) is 31.9. The number of amides is 2. The molecule has 0 aliphatic carbocycles. The number of imidazole rings is 1. The maximum atomic E-state index is 13.2. The Labute approximate surface area is 196 Å². The number of hydrogen-bond acceptors (Lipinski definition) is 4. The number of benzene rings is 1. The van der Waals surface area contributed by atoms with Crippen LogP contribution in [0.4, 0.5) is 0 Å². The molecule has 2 amide bonds. The van der Waals surface area contributed by atoms with Crippen molar-refractivity contribution in [3.8, 4) is 5.75 Å². The van der Waals surface area contributed by atoms with Crippen LogP contribution in [0.15, 0.2) is 43.0 Å². The van der Waals surface area contributed by atoms with Crippen molar-refractivity contribution in [3.63, 3.8) is 0 Å². The zero-order valence-corrected chi connectivity index (χ0v) is 19.5. The van der Waals surface area contributed by atoms with Crippen LogP contribution in [-0.4, -0.2) is 52.5 Å². The van der Waals surface area contributed by atoms with Crippen LogP contribution in [0.1, 0.15) is 56.9 Å². The van der Waals surface area contributed by atoms with E-state index in [1.165, 1.54) is 5.56 Å². The quantitative estimate of drug-likeness (QED) is 0.769. The number of carbonyl (C=O) groups is 2. The van der Waals surface area contributed by atoms with E-state index in [0.717, 1.165) is 63.7 Å². The summed E-state index contributed by atoms with van der Waals surface area (Å²) < 4.78 is 7.96. The number of carbonyl (C=O) groups excluding carboxylic acids is 2. The predicted octanol–water partition coefficient (Wildman–Crippen LogP) is 3.58. The van der Waals surface area contributed by atoms with E-state index in [2.05, 4.69) is 22.4 Å². The van der Waals surface area contributed by atoms with Gasteiger partial charge in [-0.1, -0.05) is 31.0 Å². The van der Waals surface area contributed by atoms with Gasteiger partial charge in [-0.3, -0.25) is 9.59 Å². The number of aromatic nitrogens is 2. The normalized spacial score (nSPS) is 19.4. The molecule has 2 aliphatic heterocycles. The Balaban J connectivity index is 1.30. The molecule has 7 nitrogen and oxygen atoms in total. The van der Waals surface area contributed by atoms with Crippen LogP contribution in [0, 0.1) is 5.41 Å². The van der Waals surface area contributed by atoms with E-state index in [1.807, 2.05) is 27.8 Å². The highest BCUT2D eigenvalue weighted by atomic mass is 16.5. The van der Waals surface area contributed by atoms with Gasteiger partial charge in [-0.15, -0.1) is 0 Å². The molecule has 1 aromatic heterocycles. The highest BCUT2D eigenvalue weighted by Gasteiger charge is 2.41. The average molecular weight is 453 g/mol. The number of nitrogens with one attached hydrogen (secondary N) is 1. The molecule has 3 heterocycles. The molecule has 33 heavy (non-hydrogen) atoms. The highest BCUT2D eigenvalue weighted by Crippen LogP contribution is 2.37. The number of aryl methyl sites for hydroxylation is 2. The number of nitrogens with zero attached hydrogens (tertiary/aromatic N) is 3. The van der Waals surface area contributed by atoms with Gasteiger partial charge in [0.15, 0.2) is 0 Å². The van der Waals surface area contributed by atoms with Gasteiger partial charge in [0.25, 0.3) is 0 Å². The molecule has 1 spiro atoms. The van der Waals surface area contributed by atoms with Crippen LogP contribution in [0.3, 0.4) is 0 Å². The van der Waals surface area contributed by atoms with Gasteiger partial charge in [0, 0.05) is 38.4 Å². The van der Waals surface area contributed by atoms with Gasteiger partial charge in [0.1, 0.15) is 12.4 Å². The number of hydrogen-bond donors (Lipinski definition) is 1. The lowest BCUT2D eigenvalue weighted by Gasteiger charge is -2.41. The van der Waals surface area contributed by atoms with E-state index in [9.17, 15) is 9.59 Å². The Kier molecular flexibility index (Phi) is 8.02. The second-order valence-corrected chi connectivity index (χ2v) is 9.34. The number of piperidine rings is 1. The Bertz CT molecular complexity index is 904.